The zero-order chi connectivity index (χ0) is 17.8. The molecule has 1 saturated heterocycles. The van der Waals surface area contributed by atoms with E-state index in [1.54, 1.807) is 12.1 Å². The maximum atomic E-state index is 13.1. The molecule has 2 aromatic rings. The normalized spacial score (nSPS) is 22.2. The molecule has 4 rings (SSSR count). The number of allylic oxidation sites excluding steroid dienone is 1. The molecule has 0 bridgehead atoms. The lowest BCUT2D eigenvalue weighted by Gasteiger charge is -2.40. The highest BCUT2D eigenvalue weighted by Crippen LogP contribution is 2.30. The Morgan fingerprint density at radius 3 is 2.27 bits per heavy atom. The van der Waals surface area contributed by atoms with E-state index in [0.717, 1.165) is 45.6 Å². The molecule has 0 spiro atoms. The third-order valence-corrected chi connectivity index (χ3v) is 5.77. The summed E-state index contributed by atoms with van der Waals surface area (Å²) >= 11 is 0. The molecule has 2 aliphatic rings. The first-order valence-corrected chi connectivity index (χ1v) is 9.73. The van der Waals surface area contributed by atoms with Crippen LogP contribution in [0, 0.1) is 5.82 Å². The Labute approximate surface area is 155 Å². The molecular weight excluding hydrogens is 323 g/mol. The molecule has 1 aliphatic carbocycles. The van der Waals surface area contributed by atoms with Crippen molar-refractivity contribution < 1.29 is 4.39 Å². The van der Waals surface area contributed by atoms with Gasteiger partial charge < -0.3 is 0 Å². The molecule has 0 amide bonds. The van der Waals surface area contributed by atoms with E-state index >= 15 is 0 Å². The van der Waals surface area contributed by atoms with Gasteiger partial charge in [-0.1, -0.05) is 48.5 Å². The minimum Gasteiger partial charge on any atom is -0.298 e. The first-order valence-electron chi connectivity index (χ1n) is 9.73. The molecule has 136 valence electrons. The van der Waals surface area contributed by atoms with Crippen LogP contribution in [0.15, 0.2) is 60.7 Å². The monoisotopic (exact) mass is 350 g/mol. The van der Waals surface area contributed by atoms with Crippen molar-refractivity contribution in [3.63, 3.8) is 0 Å². The molecule has 2 aromatic carbocycles. The fourth-order valence-corrected chi connectivity index (χ4v) is 4.21. The number of benzene rings is 2. The summed E-state index contributed by atoms with van der Waals surface area (Å²) in [5, 5.41) is 0. The van der Waals surface area contributed by atoms with Gasteiger partial charge >= 0.3 is 0 Å². The van der Waals surface area contributed by atoms with Crippen molar-refractivity contribution in [1.82, 2.24) is 9.80 Å². The minimum atomic E-state index is -0.156. The summed E-state index contributed by atoms with van der Waals surface area (Å²) in [6.07, 6.45) is 5.80. The van der Waals surface area contributed by atoms with Gasteiger partial charge in [0.15, 0.2) is 0 Å². The van der Waals surface area contributed by atoms with Crippen LogP contribution in [0.3, 0.4) is 0 Å². The molecule has 1 atom stereocenters. The van der Waals surface area contributed by atoms with Crippen LogP contribution in [0.5, 0.6) is 0 Å². The van der Waals surface area contributed by atoms with Crippen molar-refractivity contribution in [2.24, 2.45) is 0 Å². The first kappa shape index (κ1) is 17.4. The van der Waals surface area contributed by atoms with Crippen molar-refractivity contribution in [3.8, 4) is 0 Å². The fraction of sp³-hybridized carbons (Fsp3) is 0.391. The molecule has 0 N–H and O–H groups in total. The van der Waals surface area contributed by atoms with Crippen LogP contribution >= 0.6 is 0 Å². The van der Waals surface area contributed by atoms with Crippen LogP contribution in [-0.4, -0.2) is 42.0 Å². The van der Waals surface area contributed by atoms with Crippen LogP contribution in [-0.2, 0) is 6.54 Å². The van der Waals surface area contributed by atoms with Crippen LogP contribution < -0.4 is 0 Å². The van der Waals surface area contributed by atoms with E-state index in [0.29, 0.717) is 6.04 Å². The van der Waals surface area contributed by atoms with E-state index in [1.165, 1.54) is 23.1 Å². The second-order valence-electron chi connectivity index (χ2n) is 7.46. The predicted molar refractivity (Wildman–Crippen MR) is 105 cm³/mol. The topological polar surface area (TPSA) is 6.48 Å². The van der Waals surface area contributed by atoms with Gasteiger partial charge in [0.05, 0.1) is 0 Å². The third kappa shape index (κ3) is 4.22. The Hall–Kier alpha value is -1.97. The second-order valence-corrected chi connectivity index (χ2v) is 7.46. The molecule has 3 heteroatoms. The Morgan fingerprint density at radius 1 is 0.885 bits per heavy atom. The summed E-state index contributed by atoms with van der Waals surface area (Å²) < 4.78 is 13.1. The van der Waals surface area contributed by atoms with Gasteiger partial charge in [-0.25, -0.2) is 4.39 Å². The van der Waals surface area contributed by atoms with Crippen LogP contribution in [0.25, 0.3) is 5.57 Å². The van der Waals surface area contributed by atoms with Crippen molar-refractivity contribution in [2.75, 3.05) is 26.2 Å². The largest absolute Gasteiger partial charge is 0.298 e. The van der Waals surface area contributed by atoms with E-state index in [4.69, 9.17) is 0 Å². The van der Waals surface area contributed by atoms with Gasteiger partial charge in [-0.15, -0.1) is 0 Å². The molecule has 1 aliphatic heterocycles. The standard InChI is InChI=1S/C23H27FN2/c24-22-10-6-20(7-11-22)21-8-12-23(13-9-21)26-16-14-25(15-17-26)18-19-4-2-1-3-5-19/h1-8,10-11,23H,9,12-18H2. The number of hydrogen-bond donors (Lipinski definition) is 0. The summed E-state index contributed by atoms with van der Waals surface area (Å²) in [5.74, 6) is -0.156. The number of nitrogens with zero attached hydrogens (tertiary/aromatic N) is 2. The average molecular weight is 350 g/mol. The van der Waals surface area contributed by atoms with Crippen molar-refractivity contribution >= 4 is 5.57 Å². The SMILES string of the molecule is Fc1ccc(C2=CCC(N3CCN(Cc4ccccc4)CC3)CC2)cc1. The Morgan fingerprint density at radius 2 is 1.62 bits per heavy atom. The van der Waals surface area contributed by atoms with E-state index in [-0.39, 0.29) is 5.82 Å². The molecular formula is C23H27FN2. The second kappa shape index (κ2) is 8.15. The van der Waals surface area contributed by atoms with Gasteiger partial charge in [-0.3, -0.25) is 9.80 Å². The van der Waals surface area contributed by atoms with Crippen LogP contribution in [0.1, 0.15) is 30.4 Å². The first-order chi connectivity index (χ1) is 12.8. The highest BCUT2D eigenvalue weighted by atomic mass is 19.1. The lowest BCUT2D eigenvalue weighted by molar-refractivity contribution is 0.0881. The lowest BCUT2D eigenvalue weighted by atomic mass is 9.89. The zero-order valence-electron chi connectivity index (χ0n) is 15.3. The Balaban J connectivity index is 1.28. The fourth-order valence-electron chi connectivity index (χ4n) is 4.21. The van der Waals surface area contributed by atoms with E-state index in [1.807, 2.05) is 12.1 Å². The van der Waals surface area contributed by atoms with Gasteiger partial charge in [0.2, 0.25) is 0 Å². The molecule has 1 unspecified atom stereocenters. The number of halogens is 1. The number of piperazine rings is 1. The van der Waals surface area contributed by atoms with Gasteiger partial charge in [0.25, 0.3) is 0 Å². The van der Waals surface area contributed by atoms with Gasteiger partial charge in [0.1, 0.15) is 5.82 Å². The van der Waals surface area contributed by atoms with Gasteiger partial charge in [0, 0.05) is 38.8 Å². The van der Waals surface area contributed by atoms with Crippen LogP contribution in [0.4, 0.5) is 4.39 Å². The molecule has 1 fully saturated rings. The Bertz CT molecular complexity index is 731. The predicted octanol–water partition coefficient (Wildman–Crippen LogP) is 4.58. The van der Waals surface area contributed by atoms with E-state index in [2.05, 4.69) is 46.2 Å². The van der Waals surface area contributed by atoms with E-state index < -0.39 is 0 Å². The van der Waals surface area contributed by atoms with Gasteiger partial charge in [-0.05, 0) is 48.1 Å². The van der Waals surface area contributed by atoms with Crippen molar-refractivity contribution in [3.05, 3.63) is 77.6 Å². The smallest absolute Gasteiger partial charge is 0.123 e. The summed E-state index contributed by atoms with van der Waals surface area (Å²) in [4.78, 5) is 5.23. The van der Waals surface area contributed by atoms with Crippen LogP contribution in [0.2, 0.25) is 0 Å². The minimum absolute atomic E-state index is 0.156. The molecule has 0 aromatic heterocycles. The quantitative estimate of drug-likeness (QED) is 0.796. The zero-order valence-corrected chi connectivity index (χ0v) is 15.3. The summed E-state index contributed by atoms with van der Waals surface area (Å²) in [6, 6.07) is 18.4. The average Bonchev–Trinajstić information content (AvgIpc) is 2.70. The summed E-state index contributed by atoms with van der Waals surface area (Å²) in [5.41, 5.74) is 3.96. The molecule has 1 heterocycles. The molecule has 26 heavy (non-hydrogen) atoms. The van der Waals surface area contributed by atoms with Crippen molar-refractivity contribution in [1.29, 1.82) is 0 Å². The highest BCUT2D eigenvalue weighted by molar-refractivity contribution is 5.66. The van der Waals surface area contributed by atoms with Gasteiger partial charge in [-0.2, -0.15) is 0 Å². The molecule has 0 saturated carbocycles. The summed E-state index contributed by atoms with van der Waals surface area (Å²) in [7, 11) is 0. The number of rotatable bonds is 4. The van der Waals surface area contributed by atoms with E-state index in [9.17, 15) is 4.39 Å². The molecule has 0 radical (unpaired) electrons. The van der Waals surface area contributed by atoms with Crippen molar-refractivity contribution in [2.45, 2.75) is 31.8 Å². The third-order valence-electron chi connectivity index (χ3n) is 5.77. The summed E-state index contributed by atoms with van der Waals surface area (Å²) in [6.45, 7) is 5.70. The lowest BCUT2D eigenvalue weighted by Crippen LogP contribution is -2.50. The maximum absolute atomic E-state index is 13.1. The number of hydrogen-bond acceptors (Lipinski definition) is 2. The molecule has 2 nitrogen and oxygen atoms in total. The highest BCUT2D eigenvalue weighted by Gasteiger charge is 2.25. The Kier molecular flexibility index (Phi) is 5.47. The maximum Gasteiger partial charge on any atom is 0.123 e.